The molecule has 0 radical (unpaired) electrons. The summed E-state index contributed by atoms with van der Waals surface area (Å²) in [6.07, 6.45) is 1.83. The molecule has 40 valence electrons. The minimum absolute atomic E-state index is 0.306. The molecular weight excluding hydrogens is 104 g/mol. The Morgan fingerprint density at radius 3 is 3.25 bits per heavy atom. The zero-order chi connectivity index (χ0) is 5.82. The van der Waals surface area contributed by atoms with Crippen molar-refractivity contribution >= 4 is 0 Å². The first-order chi connectivity index (χ1) is 3.93. The Labute approximate surface area is 46.5 Å². The molecule has 3 heteroatoms. The monoisotopic (exact) mass is 108 g/mol. The Bertz CT molecular complexity index is 185. The summed E-state index contributed by atoms with van der Waals surface area (Å²) in [7, 11) is 0. The maximum absolute atomic E-state index is 8.10. The fourth-order valence-electron chi connectivity index (χ4n) is 0.411. The Balaban J connectivity index is 2.67. The SMILES string of the molecule is N#CCc1ccno1. The molecule has 3 nitrogen and oxygen atoms in total. The summed E-state index contributed by atoms with van der Waals surface area (Å²) >= 11 is 0. The van der Waals surface area contributed by atoms with Crippen LogP contribution in [0.2, 0.25) is 0 Å². The molecule has 8 heavy (non-hydrogen) atoms. The molecule has 0 aliphatic heterocycles. The number of nitrogens with zero attached hydrogens (tertiary/aromatic N) is 2. The Kier molecular flexibility index (Phi) is 1.29. The highest BCUT2D eigenvalue weighted by Gasteiger charge is 1.90. The van der Waals surface area contributed by atoms with Gasteiger partial charge in [-0.1, -0.05) is 5.16 Å². The first kappa shape index (κ1) is 4.85. The summed E-state index contributed by atoms with van der Waals surface area (Å²) in [6, 6.07) is 3.61. The van der Waals surface area contributed by atoms with E-state index in [0.717, 1.165) is 0 Å². The second-order valence-corrected chi connectivity index (χ2v) is 1.31. The molecule has 0 amide bonds. The fraction of sp³-hybridized carbons (Fsp3) is 0.200. The van der Waals surface area contributed by atoms with Gasteiger partial charge in [0.25, 0.3) is 0 Å². The Morgan fingerprint density at radius 2 is 2.75 bits per heavy atom. The summed E-state index contributed by atoms with van der Waals surface area (Å²) < 4.78 is 4.60. The lowest BCUT2D eigenvalue weighted by Crippen LogP contribution is -1.71. The molecule has 0 bridgehead atoms. The minimum Gasteiger partial charge on any atom is -0.360 e. The van der Waals surface area contributed by atoms with Gasteiger partial charge in [-0.25, -0.2) is 0 Å². The van der Waals surface area contributed by atoms with Crippen molar-refractivity contribution in [3.63, 3.8) is 0 Å². The van der Waals surface area contributed by atoms with Crippen LogP contribution in [0, 0.1) is 11.3 Å². The zero-order valence-corrected chi connectivity index (χ0v) is 4.16. The van der Waals surface area contributed by atoms with E-state index in [2.05, 4.69) is 9.68 Å². The van der Waals surface area contributed by atoms with Gasteiger partial charge in [0.2, 0.25) is 0 Å². The number of aromatic nitrogens is 1. The highest BCUT2D eigenvalue weighted by atomic mass is 16.5. The smallest absolute Gasteiger partial charge is 0.150 e. The normalized spacial score (nSPS) is 8.38. The Morgan fingerprint density at radius 1 is 1.88 bits per heavy atom. The molecule has 0 saturated heterocycles. The van der Waals surface area contributed by atoms with Crippen LogP contribution in [0.5, 0.6) is 0 Å². The molecule has 0 aliphatic rings. The van der Waals surface area contributed by atoms with Crippen LogP contribution < -0.4 is 0 Å². The lowest BCUT2D eigenvalue weighted by atomic mass is 10.4. The molecule has 1 rings (SSSR count). The highest BCUT2D eigenvalue weighted by molar-refractivity contribution is 4.99. The highest BCUT2D eigenvalue weighted by Crippen LogP contribution is 1.94. The van der Waals surface area contributed by atoms with Crippen molar-refractivity contribution in [1.29, 1.82) is 5.26 Å². The van der Waals surface area contributed by atoms with Crippen molar-refractivity contribution in [2.75, 3.05) is 0 Å². The number of nitriles is 1. The van der Waals surface area contributed by atoms with Gasteiger partial charge in [-0.05, 0) is 0 Å². The van der Waals surface area contributed by atoms with Crippen LogP contribution in [0.25, 0.3) is 0 Å². The van der Waals surface area contributed by atoms with E-state index < -0.39 is 0 Å². The predicted molar refractivity (Wildman–Crippen MR) is 25.8 cm³/mol. The van der Waals surface area contributed by atoms with E-state index in [0.29, 0.717) is 12.2 Å². The lowest BCUT2D eigenvalue weighted by Gasteiger charge is -1.74. The summed E-state index contributed by atoms with van der Waals surface area (Å²) in [5, 5.41) is 11.5. The summed E-state index contributed by atoms with van der Waals surface area (Å²) in [5.74, 6) is 0.618. The average molecular weight is 108 g/mol. The molecule has 0 N–H and O–H groups in total. The molecule has 0 aromatic carbocycles. The van der Waals surface area contributed by atoms with Gasteiger partial charge in [-0.2, -0.15) is 5.26 Å². The van der Waals surface area contributed by atoms with Crippen LogP contribution in [0.15, 0.2) is 16.8 Å². The molecule has 0 saturated carbocycles. The topological polar surface area (TPSA) is 49.8 Å². The number of hydrogen-bond donors (Lipinski definition) is 0. The van der Waals surface area contributed by atoms with Crippen molar-refractivity contribution in [3.05, 3.63) is 18.0 Å². The van der Waals surface area contributed by atoms with Crippen LogP contribution in [0.4, 0.5) is 0 Å². The summed E-state index contributed by atoms with van der Waals surface area (Å²) in [6.45, 7) is 0. The van der Waals surface area contributed by atoms with Gasteiger partial charge >= 0.3 is 0 Å². The number of rotatable bonds is 1. The second-order valence-electron chi connectivity index (χ2n) is 1.31. The quantitative estimate of drug-likeness (QED) is 0.533. The van der Waals surface area contributed by atoms with E-state index >= 15 is 0 Å². The van der Waals surface area contributed by atoms with E-state index in [4.69, 9.17) is 5.26 Å². The molecule has 0 aliphatic carbocycles. The van der Waals surface area contributed by atoms with Gasteiger partial charge in [-0.15, -0.1) is 0 Å². The fourth-order valence-corrected chi connectivity index (χ4v) is 0.411. The molecule has 0 unspecified atom stereocenters. The lowest BCUT2D eigenvalue weighted by molar-refractivity contribution is 0.391. The molecule has 1 aromatic rings. The van der Waals surface area contributed by atoms with Crippen molar-refractivity contribution in [3.8, 4) is 6.07 Å². The number of hydrogen-bond acceptors (Lipinski definition) is 3. The van der Waals surface area contributed by atoms with Gasteiger partial charge in [-0.3, -0.25) is 0 Å². The summed E-state index contributed by atoms with van der Waals surface area (Å²) in [4.78, 5) is 0. The largest absolute Gasteiger partial charge is 0.360 e. The van der Waals surface area contributed by atoms with E-state index in [1.807, 2.05) is 6.07 Å². The average Bonchev–Trinajstić information content (AvgIpc) is 2.19. The van der Waals surface area contributed by atoms with Crippen molar-refractivity contribution in [1.82, 2.24) is 5.16 Å². The van der Waals surface area contributed by atoms with Gasteiger partial charge in [0.05, 0.1) is 18.7 Å². The van der Waals surface area contributed by atoms with Crippen molar-refractivity contribution in [2.24, 2.45) is 0 Å². The van der Waals surface area contributed by atoms with Crippen LogP contribution in [-0.2, 0) is 6.42 Å². The first-order valence-corrected chi connectivity index (χ1v) is 2.20. The molecular formula is C5H4N2O. The molecule has 1 aromatic heterocycles. The molecule has 0 atom stereocenters. The van der Waals surface area contributed by atoms with Crippen LogP contribution in [0.1, 0.15) is 5.76 Å². The van der Waals surface area contributed by atoms with Crippen LogP contribution in [-0.4, -0.2) is 5.16 Å². The van der Waals surface area contributed by atoms with Crippen molar-refractivity contribution < 1.29 is 4.52 Å². The predicted octanol–water partition coefficient (Wildman–Crippen LogP) is 0.741. The third kappa shape index (κ3) is 0.850. The van der Waals surface area contributed by atoms with Gasteiger partial charge < -0.3 is 4.52 Å². The van der Waals surface area contributed by atoms with Crippen LogP contribution >= 0.6 is 0 Å². The van der Waals surface area contributed by atoms with E-state index in [1.165, 1.54) is 6.20 Å². The molecule has 0 spiro atoms. The van der Waals surface area contributed by atoms with Gasteiger partial charge in [0.15, 0.2) is 5.76 Å². The zero-order valence-electron chi connectivity index (χ0n) is 4.16. The van der Waals surface area contributed by atoms with E-state index in [-0.39, 0.29) is 0 Å². The maximum atomic E-state index is 8.10. The standard InChI is InChI=1S/C5H4N2O/c6-3-1-5-2-4-7-8-5/h2,4H,1H2. The molecule has 1 heterocycles. The third-order valence-electron chi connectivity index (χ3n) is 0.745. The summed E-state index contributed by atoms with van der Waals surface area (Å²) in [5.41, 5.74) is 0. The van der Waals surface area contributed by atoms with Crippen molar-refractivity contribution in [2.45, 2.75) is 6.42 Å². The van der Waals surface area contributed by atoms with Crippen LogP contribution in [0.3, 0.4) is 0 Å². The third-order valence-corrected chi connectivity index (χ3v) is 0.745. The minimum atomic E-state index is 0.306. The van der Waals surface area contributed by atoms with Gasteiger partial charge in [0, 0.05) is 6.07 Å². The Hall–Kier alpha value is -1.30. The maximum Gasteiger partial charge on any atom is 0.150 e. The van der Waals surface area contributed by atoms with Gasteiger partial charge in [0.1, 0.15) is 0 Å². The van der Waals surface area contributed by atoms with E-state index in [1.54, 1.807) is 6.07 Å². The van der Waals surface area contributed by atoms with E-state index in [9.17, 15) is 0 Å². The first-order valence-electron chi connectivity index (χ1n) is 2.20. The second kappa shape index (κ2) is 2.12. The molecule has 0 fully saturated rings.